The van der Waals surface area contributed by atoms with Crippen molar-refractivity contribution in [3.05, 3.63) is 176 Å². The maximum Gasteiger partial charge on any atom is 0.137 e. The molecule has 0 saturated carbocycles. The van der Waals surface area contributed by atoms with Gasteiger partial charge in [-0.1, -0.05) is 91.0 Å². The van der Waals surface area contributed by atoms with Crippen molar-refractivity contribution in [3.8, 4) is 11.4 Å². The summed E-state index contributed by atoms with van der Waals surface area (Å²) in [6.45, 7) is 0. The van der Waals surface area contributed by atoms with E-state index in [0.717, 1.165) is 61.5 Å². The number of nitrogens with zero attached hydrogens (tertiary/aromatic N) is 3. The lowest BCUT2D eigenvalue weighted by Crippen LogP contribution is -2.09. The van der Waals surface area contributed by atoms with Gasteiger partial charge in [-0.3, -0.25) is 9.13 Å². The molecule has 0 aliphatic heterocycles. The Morgan fingerprint density at radius 3 is 1.65 bits per heavy atom. The summed E-state index contributed by atoms with van der Waals surface area (Å²) >= 11 is 0. The van der Waals surface area contributed by atoms with E-state index < -0.39 is 0 Å². The van der Waals surface area contributed by atoms with Crippen LogP contribution in [0.1, 0.15) is 0 Å². The Morgan fingerprint density at radius 2 is 0.917 bits per heavy atom. The molecule has 0 saturated heterocycles. The molecule has 3 aromatic heterocycles. The molecule has 0 spiro atoms. The zero-order valence-corrected chi connectivity index (χ0v) is 26.0. The minimum Gasteiger partial charge on any atom is -0.456 e. The van der Waals surface area contributed by atoms with Crippen molar-refractivity contribution in [1.82, 2.24) is 9.13 Å². The number of furan rings is 1. The van der Waals surface area contributed by atoms with E-state index in [4.69, 9.17) is 4.42 Å². The molecule has 0 radical (unpaired) electrons. The molecule has 4 heteroatoms. The predicted molar refractivity (Wildman–Crippen MR) is 200 cm³/mol. The number of fused-ring (bicyclic) bond motifs is 8. The van der Waals surface area contributed by atoms with Crippen molar-refractivity contribution >= 4 is 71.8 Å². The first-order chi connectivity index (χ1) is 23.8. The lowest BCUT2D eigenvalue weighted by atomic mass is 10.1. The fourth-order valence-corrected chi connectivity index (χ4v) is 7.43. The first-order valence-corrected chi connectivity index (χ1v) is 16.3. The number of rotatable bonds is 5. The van der Waals surface area contributed by atoms with Crippen LogP contribution in [0, 0.1) is 0 Å². The van der Waals surface area contributed by atoms with E-state index in [1.54, 1.807) is 0 Å². The Hall–Kier alpha value is -6.52. The van der Waals surface area contributed by atoms with Crippen molar-refractivity contribution in [1.29, 1.82) is 0 Å². The van der Waals surface area contributed by atoms with Crippen LogP contribution in [0.25, 0.3) is 66.2 Å². The monoisotopic (exact) mass is 615 g/mol. The molecule has 10 rings (SSSR count). The van der Waals surface area contributed by atoms with Gasteiger partial charge < -0.3 is 9.32 Å². The largest absolute Gasteiger partial charge is 0.456 e. The Balaban J connectivity index is 1.28. The number of hydrogen-bond acceptors (Lipinski definition) is 2. The number of benzene rings is 7. The van der Waals surface area contributed by atoms with E-state index in [2.05, 4.69) is 178 Å². The third kappa shape index (κ3) is 3.96. The summed E-state index contributed by atoms with van der Waals surface area (Å²) in [7, 11) is 0. The third-order valence-electron chi connectivity index (χ3n) is 9.47. The van der Waals surface area contributed by atoms with Crippen LogP contribution >= 0.6 is 0 Å². The van der Waals surface area contributed by atoms with Crippen LogP contribution < -0.4 is 4.90 Å². The predicted octanol–water partition coefficient (Wildman–Crippen LogP) is 12.1. The normalized spacial score (nSPS) is 11.8. The van der Waals surface area contributed by atoms with E-state index in [0.29, 0.717) is 0 Å². The van der Waals surface area contributed by atoms with E-state index >= 15 is 0 Å². The second kappa shape index (κ2) is 10.5. The second-order valence-corrected chi connectivity index (χ2v) is 12.2. The highest BCUT2D eigenvalue weighted by molar-refractivity contribution is 6.23. The van der Waals surface area contributed by atoms with Crippen LogP contribution in [-0.2, 0) is 0 Å². The standard InChI is InChI=1S/C44H29N3O/c1-4-14-30(15-5-1)45(34-24-26-36-35-20-11-13-23-41(35)48-42(36)29-34)33-25-27-40-38(28-33)43-37-21-10-12-22-39(37)46(31-16-6-2-7-17-31)44(43)47(40)32-18-8-3-9-19-32/h1-29H. The maximum atomic E-state index is 6.36. The Kier molecular flexibility index (Phi) is 5.84. The van der Waals surface area contributed by atoms with Crippen molar-refractivity contribution < 1.29 is 4.42 Å². The van der Waals surface area contributed by atoms with Gasteiger partial charge in [0.05, 0.1) is 11.0 Å². The van der Waals surface area contributed by atoms with Gasteiger partial charge in [0.25, 0.3) is 0 Å². The molecule has 0 aliphatic carbocycles. The van der Waals surface area contributed by atoms with Crippen molar-refractivity contribution in [2.75, 3.05) is 4.90 Å². The van der Waals surface area contributed by atoms with Gasteiger partial charge >= 0.3 is 0 Å². The Morgan fingerprint density at radius 1 is 0.375 bits per heavy atom. The quantitative estimate of drug-likeness (QED) is 0.193. The smallest absolute Gasteiger partial charge is 0.137 e. The summed E-state index contributed by atoms with van der Waals surface area (Å²) in [4.78, 5) is 2.33. The molecular formula is C44H29N3O. The summed E-state index contributed by atoms with van der Waals surface area (Å²) in [6, 6.07) is 62.4. The summed E-state index contributed by atoms with van der Waals surface area (Å²) in [5, 5.41) is 5.90. The summed E-state index contributed by atoms with van der Waals surface area (Å²) in [5.74, 6) is 0. The van der Waals surface area contributed by atoms with E-state index in [1.165, 1.54) is 21.7 Å². The lowest BCUT2D eigenvalue weighted by molar-refractivity contribution is 0.669. The van der Waals surface area contributed by atoms with Gasteiger partial charge in [0.15, 0.2) is 0 Å². The minimum atomic E-state index is 0.874. The average Bonchev–Trinajstić information content (AvgIpc) is 3.80. The molecular weight excluding hydrogens is 587 g/mol. The van der Waals surface area contributed by atoms with E-state index in [-0.39, 0.29) is 0 Å². The van der Waals surface area contributed by atoms with E-state index in [9.17, 15) is 0 Å². The highest BCUT2D eigenvalue weighted by Gasteiger charge is 2.24. The van der Waals surface area contributed by atoms with Crippen LogP contribution in [0.2, 0.25) is 0 Å². The molecule has 0 N–H and O–H groups in total. The lowest BCUT2D eigenvalue weighted by Gasteiger charge is -2.25. The highest BCUT2D eigenvalue weighted by atomic mass is 16.3. The maximum absolute atomic E-state index is 6.36. The molecule has 226 valence electrons. The topological polar surface area (TPSA) is 26.2 Å². The molecule has 48 heavy (non-hydrogen) atoms. The number of para-hydroxylation sites is 5. The van der Waals surface area contributed by atoms with Crippen molar-refractivity contribution in [2.24, 2.45) is 0 Å². The van der Waals surface area contributed by atoms with E-state index in [1.807, 2.05) is 12.1 Å². The molecule has 0 fully saturated rings. The third-order valence-corrected chi connectivity index (χ3v) is 9.47. The summed E-state index contributed by atoms with van der Waals surface area (Å²) in [6.07, 6.45) is 0. The Bertz CT molecular complexity index is 2770. The first-order valence-electron chi connectivity index (χ1n) is 16.3. The zero-order chi connectivity index (χ0) is 31.6. The zero-order valence-electron chi connectivity index (χ0n) is 26.0. The van der Waals surface area contributed by atoms with Crippen LogP contribution in [0.3, 0.4) is 0 Å². The van der Waals surface area contributed by atoms with Crippen molar-refractivity contribution in [3.63, 3.8) is 0 Å². The van der Waals surface area contributed by atoms with Gasteiger partial charge in [-0.2, -0.15) is 0 Å². The highest BCUT2D eigenvalue weighted by Crippen LogP contribution is 2.44. The molecule has 0 atom stereocenters. The van der Waals surface area contributed by atoms with Gasteiger partial charge in [-0.25, -0.2) is 0 Å². The van der Waals surface area contributed by atoms with Gasteiger partial charge in [0.1, 0.15) is 16.8 Å². The van der Waals surface area contributed by atoms with Gasteiger partial charge in [-0.15, -0.1) is 0 Å². The molecule has 0 unspecified atom stereocenters. The van der Waals surface area contributed by atoms with Gasteiger partial charge in [-0.05, 0) is 78.9 Å². The molecule has 7 aromatic carbocycles. The number of anilines is 3. The summed E-state index contributed by atoms with van der Waals surface area (Å²) < 4.78 is 11.2. The SMILES string of the molecule is c1ccc(N(c2ccc3c(c2)oc2ccccc23)c2ccc3c(c2)c2c4ccccc4n(-c4ccccc4)c2n3-c2ccccc2)cc1. The molecule has 10 aromatic rings. The number of aromatic nitrogens is 2. The molecule has 0 bridgehead atoms. The number of hydrogen-bond donors (Lipinski definition) is 0. The minimum absolute atomic E-state index is 0.874. The first kappa shape index (κ1) is 26.7. The molecule has 3 heterocycles. The average molecular weight is 616 g/mol. The van der Waals surface area contributed by atoms with Gasteiger partial charge in [0, 0.05) is 61.4 Å². The molecule has 0 aliphatic rings. The van der Waals surface area contributed by atoms with Crippen LogP contribution in [-0.4, -0.2) is 9.13 Å². The second-order valence-electron chi connectivity index (χ2n) is 12.2. The molecule has 0 amide bonds. The fourth-order valence-electron chi connectivity index (χ4n) is 7.43. The summed E-state index contributed by atoms with van der Waals surface area (Å²) in [5.41, 5.74) is 10.7. The fraction of sp³-hybridized carbons (Fsp3) is 0. The molecule has 4 nitrogen and oxygen atoms in total. The van der Waals surface area contributed by atoms with Crippen LogP contribution in [0.15, 0.2) is 180 Å². The van der Waals surface area contributed by atoms with Gasteiger partial charge in [0.2, 0.25) is 0 Å². The Labute approximate surface area is 276 Å². The van der Waals surface area contributed by atoms with Crippen LogP contribution in [0.5, 0.6) is 0 Å². The van der Waals surface area contributed by atoms with Crippen LogP contribution in [0.4, 0.5) is 17.1 Å². The van der Waals surface area contributed by atoms with Crippen molar-refractivity contribution in [2.45, 2.75) is 0 Å².